The summed E-state index contributed by atoms with van der Waals surface area (Å²) >= 11 is 0. The minimum absolute atomic E-state index is 0.212. The molecule has 1 aromatic heterocycles. The summed E-state index contributed by atoms with van der Waals surface area (Å²) in [6.07, 6.45) is 16.8. The Morgan fingerprint density at radius 3 is 0.754 bits per heavy atom. The number of piperazine rings is 3. The third kappa shape index (κ3) is 12.4. The van der Waals surface area contributed by atoms with Crippen molar-refractivity contribution in [1.82, 2.24) is 29.7 Å². The van der Waals surface area contributed by atoms with E-state index in [9.17, 15) is 0 Å². The quantitative estimate of drug-likeness (QED) is 0.123. The van der Waals surface area contributed by atoms with Crippen molar-refractivity contribution in [2.24, 2.45) is 0 Å². The topological polar surface area (TPSA) is 127 Å². The van der Waals surface area contributed by atoms with Crippen LogP contribution in [0.15, 0.2) is 0 Å². The molecule has 6 aliphatic rings. The van der Waals surface area contributed by atoms with Crippen molar-refractivity contribution in [3.63, 3.8) is 0 Å². The molecule has 3 saturated heterocycles. The van der Waals surface area contributed by atoms with Gasteiger partial charge in [0.25, 0.3) is 0 Å². The van der Waals surface area contributed by atoms with Gasteiger partial charge in [-0.05, 0) is 143 Å². The lowest BCUT2D eigenvalue weighted by atomic mass is 9.88. The molecule has 396 valence electrons. The maximum Gasteiger partial charge on any atom is 0.232 e. The van der Waals surface area contributed by atoms with Gasteiger partial charge >= 0.3 is 0 Å². The van der Waals surface area contributed by atoms with Crippen molar-refractivity contribution < 1.29 is 13.9 Å². The van der Waals surface area contributed by atoms with Crippen LogP contribution in [0.3, 0.4) is 0 Å². The largest absolute Gasteiger partial charge is 0.633 e. The second-order valence-electron chi connectivity index (χ2n) is 27.5. The molecule has 69 heavy (non-hydrogen) atoms. The van der Waals surface area contributed by atoms with Gasteiger partial charge in [-0.15, -0.1) is 0 Å². The van der Waals surface area contributed by atoms with Crippen molar-refractivity contribution >= 4 is 17.8 Å². The van der Waals surface area contributed by atoms with Crippen LogP contribution in [0.1, 0.15) is 179 Å². The van der Waals surface area contributed by atoms with Crippen LogP contribution in [-0.2, 0) is 0 Å². The van der Waals surface area contributed by atoms with E-state index in [1.165, 1.54) is 19.3 Å². The van der Waals surface area contributed by atoms with Gasteiger partial charge in [0.05, 0.1) is 112 Å². The second kappa shape index (κ2) is 20.1. The first-order chi connectivity index (χ1) is 31.9. The predicted octanol–water partition coefficient (Wildman–Crippen LogP) is 8.74. The molecule has 6 fully saturated rings. The van der Waals surface area contributed by atoms with Gasteiger partial charge in [0, 0.05) is 18.1 Å². The normalized spacial score (nSPS) is 28.3. The summed E-state index contributed by atoms with van der Waals surface area (Å²) in [4.78, 5) is 31.4. The van der Waals surface area contributed by atoms with Crippen LogP contribution in [0, 0.1) is 15.6 Å². The zero-order valence-electron chi connectivity index (χ0n) is 46.9. The lowest BCUT2D eigenvalue weighted by Gasteiger charge is -2.61. The Morgan fingerprint density at radius 2 is 0.565 bits per heavy atom. The number of likely N-dealkylation sites (N-methyl/N-ethyl adjacent to an activating group) is 3. The number of aromatic nitrogens is 3. The molecule has 4 heterocycles. The number of hydroxylamine groups is 9. The van der Waals surface area contributed by atoms with Gasteiger partial charge in [-0.1, -0.05) is 57.8 Å². The first-order valence-corrected chi connectivity index (χ1v) is 27.9. The highest BCUT2D eigenvalue weighted by atomic mass is 16.6. The van der Waals surface area contributed by atoms with Crippen LogP contribution in [0.25, 0.3) is 0 Å². The standard InChI is InChI=1S/C54H102N12O3/c1-49(2)37-64(67,38-50(3,4)58(49)13)34-31-61(43-25-19-16-20-26-43)46-55-47(62(44-27-21-17-22-28-44)32-35-65(68)39-51(5,6)59(14)52(7,8)40-65)57-48(56-46)63(45-29-23-18-24-30-45)33-36-66(69)41-53(9,10)60(15)54(11,12)42-66/h43-45H,16-42H2,1-15H3. The summed E-state index contributed by atoms with van der Waals surface area (Å²) < 4.78 is -0.757. The summed E-state index contributed by atoms with van der Waals surface area (Å²) in [5.41, 5.74) is -1.51. The summed E-state index contributed by atoms with van der Waals surface area (Å²) in [6, 6.07) is 0.635. The van der Waals surface area contributed by atoms with E-state index < -0.39 is 0 Å². The highest BCUT2D eigenvalue weighted by Crippen LogP contribution is 2.40. The molecule has 3 aliphatic heterocycles. The molecule has 3 aliphatic carbocycles. The first-order valence-electron chi connectivity index (χ1n) is 27.9. The van der Waals surface area contributed by atoms with E-state index in [1.54, 1.807) is 0 Å². The SMILES string of the molecule is CN1C(C)(C)C[N+]([O-])(CCN(c2nc(N(CC[N+]3([O-])CC(C)(C)N(C)C(C)(C)C3)C3CCCCC3)nc(N(CC[N+]3([O-])CC(C)(C)N(C)C(C)(C)C3)C3CCCCC3)n2)C2CCCCC2)CC1(C)C. The smallest absolute Gasteiger partial charge is 0.232 e. The van der Waals surface area contributed by atoms with Crippen molar-refractivity contribution in [2.75, 3.05) is 114 Å². The molecular weight excluding hydrogens is 865 g/mol. The first kappa shape index (κ1) is 54.8. The third-order valence-corrected chi connectivity index (χ3v) is 19.2. The lowest BCUT2D eigenvalue weighted by molar-refractivity contribution is -0.896. The zero-order chi connectivity index (χ0) is 50.6. The van der Waals surface area contributed by atoms with Crippen LogP contribution in [0.2, 0.25) is 0 Å². The Bertz CT molecular complexity index is 1590. The summed E-state index contributed by atoms with van der Waals surface area (Å²) in [7, 11) is 6.52. The fourth-order valence-electron chi connectivity index (χ4n) is 15.1. The molecule has 1 aromatic rings. The molecule has 3 saturated carbocycles. The van der Waals surface area contributed by atoms with Crippen molar-refractivity contribution in [1.29, 1.82) is 0 Å². The Kier molecular flexibility index (Phi) is 15.9. The number of quaternary nitrogens is 3. The van der Waals surface area contributed by atoms with Gasteiger partial charge in [0.15, 0.2) is 0 Å². The number of anilines is 3. The second-order valence-corrected chi connectivity index (χ2v) is 27.5. The summed E-state index contributed by atoms with van der Waals surface area (Å²) in [5.74, 6) is 2.01. The molecule has 15 heteroatoms. The van der Waals surface area contributed by atoms with Gasteiger partial charge < -0.3 is 44.3 Å². The predicted molar refractivity (Wildman–Crippen MR) is 285 cm³/mol. The highest BCUT2D eigenvalue weighted by molar-refractivity contribution is 5.49. The maximum atomic E-state index is 15.2. The van der Waals surface area contributed by atoms with E-state index in [4.69, 9.17) is 15.0 Å². The maximum absolute atomic E-state index is 15.2. The minimum atomic E-state index is -0.252. The average molecular weight is 967 g/mol. The number of nitrogens with zero attached hydrogens (tertiary/aromatic N) is 12. The Balaban J connectivity index is 1.33. The molecule has 0 amide bonds. The lowest BCUT2D eigenvalue weighted by Crippen LogP contribution is -2.73. The van der Waals surface area contributed by atoms with Crippen molar-refractivity contribution in [3.05, 3.63) is 15.6 Å². The number of hydrogen-bond acceptors (Lipinski definition) is 12. The fourth-order valence-corrected chi connectivity index (χ4v) is 15.1. The zero-order valence-corrected chi connectivity index (χ0v) is 46.9. The minimum Gasteiger partial charge on any atom is -0.633 e. The third-order valence-electron chi connectivity index (χ3n) is 19.2. The molecule has 0 atom stereocenters. The number of rotatable bonds is 15. The van der Waals surface area contributed by atoms with E-state index >= 15 is 15.6 Å². The van der Waals surface area contributed by atoms with E-state index in [0.717, 1.165) is 77.0 Å². The van der Waals surface area contributed by atoms with Crippen molar-refractivity contribution in [3.8, 4) is 0 Å². The van der Waals surface area contributed by atoms with Crippen molar-refractivity contribution in [2.45, 2.75) is 231 Å². The van der Waals surface area contributed by atoms with Gasteiger partial charge in [-0.3, -0.25) is 14.7 Å². The molecule has 7 rings (SSSR count). The monoisotopic (exact) mass is 967 g/mol. The van der Waals surface area contributed by atoms with E-state index in [-0.39, 0.29) is 65.3 Å². The molecule has 0 aromatic carbocycles. The van der Waals surface area contributed by atoms with Crippen LogP contribution < -0.4 is 14.7 Å². The van der Waals surface area contributed by atoms with Gasteiger partial charge in [-0.2, -0.15) is 15.0 Å². The van der Waals surface area contributed by atoms with E-state index in [2.05, 4.69) is 134 Å². The van der Waals surface area contributed by atoms with E-state index in [1.807, 2.05) is 0 Å². The Morgan fingerprint density at radius 1 is 0.377 bits per heavy atom. The molecule has 15 nitrogen and oxygen atoms in total. The van der Waals surface area contributed by atoms with Crippen LogP contribution in [-0.4, -0.2) is 195 Å². The van der Waals surface area contributed by atoms with Crippen LogP contribution >= 0.6 is 0 Å². The summed E-state index contributed by atoms with van der Waals surface area (Å²) in [5, 5.41) is 45.5. The van der Waals surface area contributed by atoms with Crippen LogP contribution in [0.4, 0.5) is 17.8 Å². The average Bonchev–Trinajstić information content (AvgIpc) is 3.24. The van der Waals surface area contributed by atoms with E-state index in [0.29, 0.717) is 96.4 Å². The Hall–Kier alpha value is -1.95. The van der Waals surface area contributed by atoms with Gasteiger partial charge in [0.1, 0.15) is 0 Å². The molecule has 0 spiro atoms. The molecule has 0 unspecified atom stereocenters. The van der Waals surface area contributed by atoms with Gasteiger partial charge in [-0.25, -0.2) is 0 Å². The fraction of sp³-hybridized carbons (Fsp3) is 0.944. The van der Waals surface area contributed by atoms with Crippen LogP contribution in [0.5, 0.6) is 0 Å². The Labute approximate surface area is 420 Å². The molecule has 0 N–H and O–H groups in total. The molecule has 0 bridgehead atoms. The molecular formula is C54H102N12O3. The highest BCUT2D eigenvalue weighted by Gasteiger charge is 2.51. The number of hydrogen-bond donors (Lipinski definition) is 0. The van der Waals surface area contributed by atoms with Gasteiger partial charge in [0.2, 0.25) is 17.8 Å². The molecule has 0 radical (unpaired) electrons. The summed E-state index contributed by atoms with van der Waals surface area (Å²) in [6.45, 7) is 32.9.